The van der Waals surface area contributed by atoms with E-state index in [-0.39, 0.29) is 12.1 Å². The van der Waals surface area contributed by atoms with Gasteiger partial charge in [-0.3, -0.25) is 4.98 Å². The number of amides is 1. The molecule has 1 rings (SSSR count). The van der Waals surface area contributed by atoms with Gasteiger partial charge in [0.25, 0.3) is 0 Å². The van der Waals surface area contributed by atoms with Gasteiger partial charge in [0.1, 0.15) is 19.3 Å². The third kappa shape index (κ3) is 4.35. The van der Waals surface area contributed by atoms with Crippen molar-refractivity contribution >= 4 is 19.5 Å². The van der Waals surface area contributed by atoms with E-state index >= 15 is 0 Å². The maximum Gasteiger partial charge on any atom is 0.410 e. The summed E-state index contributed by atoms with van der Waals surface area (Å²) < 4.78 is 18.6. The number of hydrogen-bond acceptors (Lipinski definition) is 3. The predicted molar refractivity (Wildman–Crippen MR) is 67.3 cm³/mol. The van der Waals surface area contributed by atoms with E-state index < -0.39 is 17.5 Å². The van der Waals surface area contributed by atoms with Crippen LogP contribution in [0.3, 0.4) is 0 Å². The van der Waals surface area contributed by atoms with Gasteiger partial charge in [-0.1, -0.05) is 0 Å². The second kappa shape index (κ2) is 5.37. The standard InChI is InChI=1S/C12H16BFN2O2/c1-12(2,3)18-11(17)16(4)7-8-5-10(13)15-6-9(8)14/h5-6H,7H2,1-4H3. The lowest BCUT2D eigenvalue weighted by molar-refractivity contribution is 0.0283. The number of aromatic nitrogens is 1. The molecule has 1 aromatic rings. The molecule has 1 amide bonds. The van der Waals surface area contributed by atoms with Crippen molar-refractivity contribution in [2.24, 2.45) is 0 Å². The van der Waals surface area contributed by atoms with Crippen molar-refractivity contribution in [3.8, 4) is 0 Å². The number of hydrogen-bond donors (Lipinski definition) is 0. The van der Waals surface area contributed by atoms with Crippen molar-refractivity contribution in [3.05, 3.63) is 23.6 Å². The fraction of sp³-hybridized carbons (Fsp3) is 0.500. The molecular formula is C12H16BFN2O2. The molecule has 0 bridgehead atoms. The highest BCUT2D eigenvalue weighted by molar-refractivity contribution is 6.30. The molecule has 2 radical (unpaired) electrons. The zero-order chi connectivity index (χ0) is 13.9. The molecule has 0 aromatic carbocycles. The van der Waals surface area contributed by atoms with E-state index in [2.05, 4.69) is 4.98 Å². The number of ether oxygens (including phenoxy) is 1. The first-order valence-electron chi connectivity index (χ1n) is 5.53. The Morgan fingerprint density at radius 3 is 2.72 bits per heavy atom. The molecule has 0 aliphatic rings. The summed E-state index contributed by atoms with van der Waals surface area (Å²) in [6, 6.07) is 1.40. The van der Waals surface area contributed by atoms with E-state index in [1.807, 2.05) is 0 Å². The number of carbonyl (C=O) groups excluding carboxylic acids is 1. The van der Waals surface area contributed by atoms with E-state index in [0.29, 0.717) is 5.56 Å². The van der Waals surface area contributed by atoms with E-state index in [0.717, 1.165) is 6.20 Å². The fourth-order valence-electron chi connectivity index (χ4n) is 1.28. The van der Waals surface area contributed by atoms with Gasteiger partial charge in [-0.25, -0.2) is 9.18 Å². The van der Waals surface area contributed by atoms with Crippen molar-refractivity contribution < 1.29 is 13.9 Å². The lowest BCUT2D eigenvalue weighted by Crippen LogP contribution is -2.34. The van der Waals surface area contributed by atoms with Crippen molar-refractivity contribution in [2.45, 2.75) is 32.9 Å². The van der Waals surface area contributed by atoms with E-state index in [9.17, 15) is 9.18 Å². The number of halogens is 1. The molecule has 0 aliphatic heterocycles. The van der Waals surface area contributed by atoms with Crippen molar-refractivity contribution in [1.82, 2.24) is 9.88 Å². The van der Waals surface area contributed by atoms with Gasteiger partial charge in [0.05, 0.1) is 12.7 Å². The average Bonchev–Trinajstić information content (AvgIpc) is 2.21. The fourth-order valence-corrected chi connectivity index (χ4v) is 1.28. The lowest BCUT2D eigenvalue weighted by atomic mass is 10.0. The van der Waals surface area contributed by atoms with Gasteiger partial charge >= 0.3 is 6.09 Å². The first kappa shape index (κ1) is 14.5. The molecule has 0 fully saturated rings. The Bertz CT molecular complexity index is 446. The molecule has 0 unspecified atom stereocenters. The summed E-state index contributed by atoms with van der Waals surface area (Å²) in [6.45, 7) is 5.38. The smallest absolute Gasteiger partial charge is 0.410 e. The quantitative estimate of drug-likeness (QED) is 0.744. The number of nitrogens with zero attached hydrogens (tertiary/aromatic N) is 2. The second-order valence-electron chi connectivity index (χ2n) is 5.04. The average molecular weight is 250 g/mol. The highest BCUT2D eigenvalue weighted by atomic mass is 19.1. The molecule has 96 valence electrons. The van der Waals surface area contributed by atoms with Crippen molar-refractivity contribution in [3.63, 3.8) is 0 Å². The van der Waals surface area contributed by atoms with Crippen LogP contribution in [0.5, 0.6) is 0 Å². The molecular weight excluding hydrogens is 234 g/mol. The van der Waals surface area contributed by atoms with Gasteiger partial charge in [-0.2, -0.15) is 0 Å². The maximum atomic E-state index is 13.4. The molecule has 4 nitrogen and oxygen atoms in total. The molecule has 0 saturated carbocycles. The number of pyridine rings is 1. The van der Waals surface area contributed by atoms with Crippen LogP contribution in [-0.2, 0) is 11.3 Å². The van der Waals surface area contributed by atoms with E-state index in [4.69, 9.17) is 12.6 Å². The van der Waals surface area contributed by atoms with Crippen LogP contribution in [0.2, 0.25) is 0 Å². The minimum Gasteiger partial charge on any atom is -0.444 e. The van der Waals surface area contributed by atoms with Gasteiger partial charge in [-0.15, -0.1) is 0 Å². The molecule has 0 atom stereocenters. The Hall–Kier alpha value is -1.59. The minimum absolute atomic E-state index is 0.0769. The Labute approximate surface area is 108 Å². The van der Waals surface area contributed by atoms with Gasteiger partial charge < -0.3 is 9.64 Å². The van der Waals surface area contributed by atoms with Crippen LogP contribution >= 0.6 is 0 Å². The van der Waals surface area contributed by atoms with Crippen LogP contribution in [0.1, 0.15) is 26.3 Å². The number of carbonyl (C=O) groups is 1. The van der Waals surface area contributed by atoms with Gasteiger partial charge in [0, 0.05) is 12.6 Å². The maximum absolute atomic E-state index is 13.4. The lowest BCUT2D eigenvalue weighted by Gasteiger charge is -2.24. The Morgan fingerprint density at radius 1 is 1.56 bits per heavy atom. The molecule has 1 heterocycles. The van der Waals surface area contributed by atoms with Crippen molar-refractivity contribution in [1.29, 1.82) is 0 Å². The van der Waals surface area contributed by atoms with E-state index in [1.165, 1.54) is 18.0 Å². The molecule has 0 spiro atoms. The molecule has 0 N–H and O–H groups in total. The largest absolute Gasteiger partial charge is 0.444 e. The molecule has 18 heavy (non-hydrogen) atoms. The SMILES string of the molecule is [B]c1cc(CN(C)C(=O)OC(C)(C)C)c(F)cn1. The summed E-state index contributed by atoms with van der Waals surface area (Å²) >= 11 is 0. The van der Waals surface area contributed by atoms with E-state index in [1.54, 1.807) is 20.8 Å². The van der Waals surface area contributed by atoms with Gasteiger partial charge in [0.2, 0.25) is 0 Å². The molecule has 0 aliphatic carbocycles. The Kier molecular flexibility index (Phi) is 4.32. The zero-order valence-electron chi connectivity index (χ0n) is 11.0. The predicted octanol–water partition coefficient (Wildman–Crippen LogP) is 1.38. The van der Waals surface area contributed by atoms with Gasteiger partial charge in [-0.05, 0) is 32.4 Å². The van der Waals surface area contributed by atoms with Crippen LogP contribution in [-0.4, -0.2) is 36.5 Å². The van der Waals surface area contributed by atoms with Crippen LogP contribution in [0.4, 0.5) is 9.18 Å². The first-order valence-corrected chi connectivity index (χ1v) is 5.53. The van der Waals surface area contributed by atoms with Crippen LogP contribution in [0, 0.1) is 5.82 Å². The molecule has 1 aromatic heterocycles. The zero-order valence-corrected chi connectivity index (χ0v) is 11.0. The summed E-state index contributed by atoms with van der Waals surface area (Å²) in [4.78, 5) is 16.6. The normalized spacial score (nSPS) is 11.2. The third-order valence-corrected chi connectivity index (χ3v) is 2.07. The third-order valence-electron chi connectivity index (χ3n) is 2.07. The highest BCUT2D eigenvalue weighted by Crippen LogP contribution is 2.12. The summed E-state index contributed by atoms with van der Waals surface area (Å²) in [5.41, 5.74) is -0.0684. The summed E-state index contributed by atoms with van der Waals surface area (Å²) in [6.07, 6.45) is 0.519. The van der Waals surface area contributed by atoms with Crippen LogP contribution < -0.4 is 5.59 Å². The van der Waals surface area contributed by atoms with Crippen LogP contribution in [0.15, 0.2) is 12.3 Å². The topological polar surface area (TPSA) is 42.4 Å². The Morgan fingerprint density at radius 2 is 2.17 bits per heavy atom. The summed E-state index contributed by atoms with van der Waals surface area (Å²) in [7, 11) is 7.00. The second-order valence-corrected chi connectivity index (χ2v) is 5.04. The van der Waals surface area contributed by atoms with Gasteiger partial charge in [0.15, 0.2) is 0 Å². The molecule has 0 saturated heterocycles. The minimum atomic E-state index is -0.582. The van der Waals surface area contributed by atoms with Crippen molar-refractivity contribution in [2.75, 3.05) is 7.05 Å². The monoisotopic (exact) mass is 250 g/mol. The first-order chi connectivity index (χ1) is 8.19. The highest BCUT2D eigenvalue weighted by Gasteiger charge is 2.20. The van der Waals surface area contributed by atoms with Crippen LogP contribution in [0.25, 0.3) is 0 Å². The molecule has 6 heteroatoms. The number of rotatable bonds is 2. The Balaban J connectivity index is 2.72. The summed E-state index contributed by atoms with van der Waals surface area (Å²) in [5, 5.41) is 0. The summed E-state index contributed by atoms with van der Waals surface area (Å²) in [5.74, 6) is -0.500.